The van der Waals surface area contributed by atoms with Gasteiger partial charge in [-0.05, 0) is 31.9 Å². The van der Waals surface area contributed by atoms with Gasteiger partial charge in [-0.15, -0.1) is 11.3 Å². The standard InChI is InChI=1S/C12Br2F4O2S/c13-11-3-4(12(14)21-11)10(20)2-1(9(3)19)5(15)7(17)8(18)6(2)16. The average molecular weight is 444 g/mol. The molecule has 0 fully saturated rings. The lowest BCUT2D eigenvalue weighted by atomic mass is 9.85. The molecule has 0 saturated heterocycles. The molecule has 3 rings (SSSR count). The Kier molecular flexibility index (Phi) is 3.34. The first kappa shape index (κ1) is 14.9. The van der Waals surface area contributed by atoms with E-state index in [-0.39, 0.29) is 18.7 Å². The molecule has 0 radical (unpaired) electrons. The largest absolute Gasteiger partial charge is 0.288 e. The number of rotatable bonds is 0. The molecule has 0 N–H and O–H groups in total. The van der Waals surface area contributed by atoms with Crippen LogP contribution in [0, 0.1) is 23.3 Å². The SMILES string of the molecule is O=C1c2c(Br)sc(Br)c2C(=O)c2c(F)c(F)c(F)c(F)c21. The van der Waals surface area contributed by atoms with E-state index in [0.717, 1.165) is 11.3 Å². The molecule has 2 nitrogen and oxygen atoms in total. The van der Waals surface area contributed by atoms with Crippen molar-refractivity contribution in [1.29, 1.82) is 0 Å². The Bertz CT molecular complexity index is 792. The Balaban J connectivity index is 2.48. The van der Waals surface area contributed by atoms with Crippen LogP contribution in [-0.2, 0) is 0 Å². The van der Waals surface area contributed by atoms with Gasteiger partial charge in [0.2, 0.25) is 0 Å². The molecule has 1 aliphatic carbocycles. The van der Waals surface area contributed by atoms with E-state index in [2.05, 4.69) is 31.9 Å². The second-order valence-corrected chi connectivity index (χ2v) is 7.72. The van der Waals surface area contributed by atoms with E-state index in [1.165, 1.54) is 0 Å². The van der Waals surface area contributed by atoms with Crippen LogP contribution in [0.4, 0.5) is 17.6 Å². The molecule has 0 unspecified atom stereocenters. The third-order valence-electron chi connectivity index (χ3n) is 3.00. The first-order chi connectivity index (χ1) is 9.77. The molecule has 1 aromatic heterocycles. The van der Waals surface area contributed by atoms with Crippen molar-refractivity contribution >= 4 is 54.8 Å². The topological polar surface area (TPSA) is 34.1 Å². The number of hydrogen-bond acceptors (Lipinski definition) is 3. The quantitative estimate of drug-likeness (QED) is 0.289. The Labute approximate surface area is 135 Å². The van der Waals surface area contributed by atoms with Crippen molar-refractivity contribution in [2.45, 2.75) is 0 Å². The maximum Gasteiger partial charge on any atom is 0.199 e. The summed E-state index contributed by atoms with van der Waals surface area (Å²) in [6, 6.07) is 0. The van der Waals surface area contributed by atoms with Crippen LogP contribution in [0.15, 0.2) is 7.57 Å². The van der Waals surface area contributed by atoms with Gasteiger partial charge in [-0.3, -0.25) is 9.59 Å². The summed E-state index contributed by atoms with van der Waals surface area (Å²) >= 11 is 7.00. The lowest BCUT2D eigenvalue weighted by Gasteiger charge is -2.17. The van der Waals surface area contributed by atoms with E-state index in [0.29, 0.717) is 0 Å². The fraction of sp³-hybridized carbons (Fsp3) is 0. The first-order valence-electron chi connectivity index (χ1n) is 5.20. The second kappa shape index (κ2) is 4.72. The number of fused-ring (bicyclic) bond motifs is 2. The Morgan fingerprint density at radius 1 is 0.619 bits per heavy atom. The highest BCUT2D eigenvalue weighted by atomic mass is 79.9. The Morgan fingerprint density at radius 3 is 1.29 bits per heavy atom. The predicted octanol–water partition coefficient (Wildman–Crippen LogP) is 4.60. The van der Waals surface area contributed by atoms with Crippen molar-refractivity contribution in [3.63, 3.8) is 0 Å². The molecule has 1 aliphatic rings. The highest BCUT2D eigenvalue weighted by Gasteiger charge is 2.41. The zero-order valence-corrected chi connectivity index (χ0v) is 13.5. The third-order valence-corrected chi connectivity index (χ3v) is 5.53. The summed E-state index contributed by atoms with van der Waals surface area (Å²) in [6.45, 7) is 0. The number of hydrogen-bond donors (Lipinski definition) is 0. The van der Waals surface area contributed by atoms with Gasteiger partial charge in [-0.2, -0.15) is 0 Å². The molecule has 1 aromatic carbocycles. The zero-order chi connectivity index (χ0) is 15.6. The summed E-state index contributed by atoms with van der Waals surface area (Å²) in [7, 11) is 0. The van der Waals surface area contributed by atoms with Gasteiger partial charge in [0.25, 0.3) is 0 Å². The molecule has 0 saturated carbocycles. The Hall–Kier alpha value is -1.06. The van der Waals surface area contributed by atoms with Gasteiger partial charge >= 0.3 is 0 Å². The van der Waals surface area contributed by atoms with Crippen molar-refractivity contribution in [2.24, 2.45) is 0 Å². The lowest BCUT2D eigenvalue weighted by Crippen LogP contribution is -2.25. The van der Waals surface area contributed by atoms with Crippen LogP contribution in [-0.4, -0.2) is 11.6 Å². The minimum atomic E-state index is -2.12. The number of thiophene rings is 1. The molecule has 0 atom stereocenters. The monoisotopic (exact) mass is 442 g/mol. The lowest BCUT2D eigenvalue weighted by molar-refractivity contribution is 0.0969. The second-order valence-electron chi connectivity index (χ2n) is 4.06. The summed E-state index contributed by atoms with van der Waals surface area (Å²) in [5.74, 6) is -10.2. The van der Waals surface area contributed by atoms with Crippen LogP contribution < -0.4 is 0 Å². The third kappa shape index (κ3) is 1.80. The van der Waals surface area contributed by atoms with Gasteiger partial charge in [0.1, 0.15) is 0 Å². The molecule has 0 bridgehead atoms. The van der Waals surface area contributed by atoms with E-state index >= 15 is 0 Å². The normalized spacial score (nSPS) is 13.4. The fourth-order valence-corrected chi connectivity index (χ4v) is 5.22. The highest BCUT2D eigenvalue weighted by Crippen LogP contribution is 2.44. The van der Waals surface area contributed by atoms with Gasteiger partial charge in [0.05, 0.1) is 29.8 Å². The van der Waals surface area contributed by atoms with Crippen LogP contribution >= 0.6 is 43.2 Å². The summed E-state index contributed by atoms with van der Waals surface area (Å²) in [6.07, 6.45) is 0. The minimum Gasteiger partial charge on any atom is -0.288 e. The van der Waals surface area contributed by atoms with Gasteiger partial charge < -0.3 is 0 Å². The van der Waals surface area contributed by atoms with Gasteiger partial charge in [0.15, 0.2) is 34.8 Å². The molecule has 21 heavy (non-hydrogen) atoms. The van der Waals surface area contributed by atoms with Crippen LogP contribution in [0.5, 0.6) is 0 Å². The fourth-order valence-electron chi connectivity index (χ4n) is 2.09. The summed E-state index contributed by atoms with van der Waals surface area (Å²) in [4.78, 5) is 24.5. The van der Waals surface area contributed by atoms with E-state index in [9.17, 15) is 27.2 Å². The maximum atomic E-state index is 13.8. The van der Waals surface area contributed by atoms with Gasteiger partial charge in [-0.1, -0.05) is 0 Å². The van der Waals surface area contributed by atoms with Crippen molar-refractivity contribution in [3.8, 4) is 0 Å². The van der Waals surface area contributed by atoms with E-state index in [1.807, 2.05) is 0 Å². The van der Waals surface area contributed by atoms with Gasteiger partial charge in [-0.25, -0.2) is 17.6 Å². The number of halogens is 6. The maximum absolute atomic E-state index is 13.8. The Morgan fingerprint density at radius 2 is 0.952 bits per heavy atom. The van der Waals surface area contributed by atoms with Crippen LogP contribution in [0.1, 0.15) is 31.8 Å². The van der Waals surface area contributed by atoms with Crippen LogP contribution in [0.3, 0.4) is 0 Å². The van der Waals surface area contributed by atoms with Crippen molar-refractivity contribution in [3.05, 3.63) is 53.1 Å². The molecule has 2 aromatic rings. The molecule has 0 amide bonds. The molecular formula is C12Br2F4O2S. The van der Waals surface area contributed by atoms with Crippen LogP contribution in [0.25, 0.3) is 0 Å². The zero-order valence-electron chi connectivity index (χ0n) is 9.49. The smallest absolute Gasteiger partial charge is 0.199 e. The molecule has 0 aliphatic heterocycles. The molecule has 108 valence electrons. The van der Waals surface area contributed by atoms with E-state index in [1.54, 1.807) is 0 Å². The van der Waals surface area contributed by atoms with E-state index in [4.69, 9.17) is 0 Å². The summed E-state index contributed by atoms with van der Waals surface area (Å²) in [5.41, 5.74) is -2.58. The number of carbonyl (C=O) groups is 2. The molecule has 9 heteroatoms. The van der Waals surface area contributed by atoms with Crippen LogP contribution in [0.2, 0.25) is 0 Å². The number of ketones is 2. The average Bonchev–Trinajstić information content (AvgIpc) is 2.73. The minimum absolute atomic E-state index is 0.200. The number of benzene rings is 1. The van der Waals surface area contributed by atoms with E-state index < -0.39 is 46.0 Å². The molecular weight excluding hydrogens is 444 g/mol. The summed E-state index contributed by atoms with van der Waals surface area (Å²) in [5, 5.41) is 0. The van der Waals surface area contributed by atoms with Gasteiger partial charge in [0, 0.05) is 0 Å². The molecule has 1 heterocycles. The highest BCUT2D eigenvalue weighted by molar-refractivity contribution is 9.12. The van der Waals surface area contributed by atoms with Crippen molar-refractivity contribution < 1.29 is 27.2 Å². The van der Waals surface area contributed by atoms with Crippen molar-refractivity contribution in [2.75, 3.05) is 0 Å². The number of carbonyl (C=O) groups excluding carboxylic acids is 2. The summed E-state index contributed by atoms with van der Waals surface area (Å²) < 4.78 is 54.6. The van der Waals surface area contributed by atoms with Crippen molar-refractivity contribution in [1.82, 2.24) is 0 Å². The first-order valence-corrected chi connectivity index (χ1v) is 7.60. The predicted molar refractivity (Wildman–Crippen MR) is 72.9 cm³/mol. The molecule has 0 spiro atoms.